The first-order chi connectivity index (χ1) is 7.36. The Bertz CT molecular complexity index is 388. The summed E-state index contributed by atoms with van der Waals surface area (Å²) in [4.78, 5) is 3.92. The zero-order valence-corrected chi connectivity index (χ0v) is 8.95. The Morgan fingerprint density at radius 2 is 2.13 bits per heavy atom. The molecule has 2 aromatic heterocycles. The van der Waals surface area contributed by atoms with E-state index in [1.54, 1.807) is 23.7 Å². The normalized spacial score (nSPS) is 12.3. The Kier molecular flexibility index (Phi) is 3.32. The number of hydrogen-bond donors (Lipinski definition) is 2. The second-order valence-electron chi connectivity index (χ2n) is 3.19. The van der Waals surface area contributed by atoms with E-state index < -0.39 is 6.10 Å². The average Bonchev–Trinajstić information content (AvgIpc) is 2.81. The maximum absolute atomic E-state index is 9.80. The van der Waals surface area contributed by atoms with Crippen molar-refractivity contribution in [1.82, 2.24) is 4.98 Å². The number of thiophene rings is 1. The lowest BCUT2D eigenvalue weighted by Crippen LogP contribution is -2.11. The molecule has 78 valence electrons. The van der Waals surface area contributed by atoms with E-state index in [0.29, 0.717) is 6.54 Å². The van der Waals surface area contributed by atoms with E-state index in [1.807, 2.05) is 29.0 Å². The standard InChI is InChI=1S/C11H12N2OS/c14-11(9-3-6-15-8-9)7-13-10-1-4-12-5-2-10/h1-6,8,11,14H,7H2,(H,12,13). The fourth-order valence-corrected chi connectivity index (χ4v) is 1.97. The molecular formula is C11H12N2OS. The Morgan fingerprint density at radius 1 is 1.33 bits per heavy atom. The summed E-state index contributed by atoms with van der Waals surface area (Å²) < 4.78 is 0. The first-order valence-electron chi connectivity index (χ1n) is 4.70. The number of aromatic nitrogens is 1. The zero-order chi connectivity index (χ0) is 10.5. The first-order valence-corrected chi connectivity index (χ1v) is 5.64. The van der Waals surface area contributed by atoms with Gasteiger partial charge >= 0.3 is 0 Å². The van der Waals surface area contributed by atoms with Crippen molar-refractivity contribution < 1.29 is 5.11 Å². The molecule has 0 aliphatic heterocycles. The highest BCUT2D eigenvalue weighted by Crippen LogP contribution is 2.16. The smallest absolute Gasteiger partial charge is 0.0970 e. The summed E-state index contributed by atoms with van der Waals surface area (Å²) in [7, 11) is 0. The zero-order valence-electron chi connectivity index (χ0n) is 8.13. The number of aliphatic hydroxyl groups is 1. The van der Waals surface area contributed by atoms with Gasteiger partial charge in [0.25, 0.3) is 0 Å². The highest BCUT2D eigenvalue weighted by molar-refractivity contribution is 7.07. The second-order valence-corrected chi connectivity index (χ2v) is 3.97. The van der Waals surface area contributed by atoms with E-state index in [0.717, 1.165) is 11.3 Å². The van der Waals surface area contributed by atoms with Crippen LogP contribution in [-0.4, -0.2) is 16.6 Å². The van der Waals surface area contributed by atoms with Gasteiger partial charge < -0.3 is 10.4 Å². The van der Waals surface area contributed by atoms with Gasteiger partial charge in [0.15, 0.2) is 0 Å². The van der Waals surface area contributed by atoms with Crippen molar-refractivity contribution in [3.8, 4) is 0 Å². The molecule has 2 heterocycles. The molecule has 4 heteroatoms. The van der Waals surface area contributed by atoms with E-state index in [4.69, 9.17) is 0 Å². The number of nitrogens with one attached hydrogen (secondary N) is 1. The molecule has 0 aromatic carbocycles. The highest BCUT2D eigenvalue weighted by atomic mass is 32.1. The Balaban J connectivity index is 1.89. The van der Waals surface area contributed by atoms with Gasteiger partial charge in [-0.2, -0.15) is 11.3 Å². The van der Waals surface area contributed by atoms with E-state index in [1.165, 1.54) is 0 Å². The summed E-state index contributed by atoms with van der Waals surface area (Å²) in [6.45, 7) is 0.515. The van der Waals surface area contributed by atoms with Gasteiger partial charge in [-0.15, -0.1) is 0 Å². The van der Waals surface area contributed by atoms with Gasteiger partial charge in [0, 0.05) is 24.6 Å². The van der Waals surface area contributed by atoms with Crippen molar-refractivity contribution in [1.29, 1.82) is 0 Å². The van der Waals surface area contributed by atoms with Gasteiger partial charge in [-0.25, -0.2) is 0 Å². The van der Waals surface area contributed by atoms with Gasteiger partial charge in [0.1, 0.15) is 0 Å². The number of pyridine rings is 1. The number of rotatable bonds is 4. The molecule has 0 spiro atoms. The van der Waals surface area contributed by atoms with E-state index >= 15 is 0 Å². The van der Waals surface area contributed by atoms with Gasteiger partial charge in [-0.1, -0.05) is 0 Å². The van der Waals surface area contributed by atoms with Crippen molar-refractivity contribution in [3.05, 3.63) is 46.9 Å². The monoisotopic (exact) mass is 220 g/mol. The quantitative estimate of drug-likeness (QED) is 0.831. The molecule has 2 rings (SSSR count). The fraction of sp³-hybridized carbons (Fsp3) is 0.182. The molecule has 2 N–H and O–H groups in total. The first kappa shape index (κ1) is 10.1. The molecule has 0 fully saturated rings. The van der Waals surface area contributed by atoms with Gasteiger partial charge in [-0.3, -0.25) is 4.98 Å². The van der Waals surface area contributed by atoms with Crippen LogP contribution in [0.2, 0.25) is 0 Å². The van der Waals surface area contributed by atoms with Crippen LogP contribution in [0.3, 0.4) is 0 Å². The van der Waals surface area contributed by atoms with E-state index in [2.05, 4.69) is 10.3 Å². The van der Waals surface area contributed by atoms with E-state index in [9.17, 15) is 5.11 Å². The molecule has 0 bridgehead atoms. The topological polar surface area (TPSA) is 45.1 Å². The Morgan fingerprint density at radius 3 is 2.80 bits per heavy atom. The summed E-state index contributed by atoms with van der Waals surface area (Å²) in [5.41, 5.74) is 1.93. The van der Waals surface area contributed by atoms with Gasteiger partial charge in [0.05, 0.1) is 6.10 Å². The molecule has 1 unspecified atom stereocenters. The van der Waals surface area contributed by atoms with Gasteiger partial charge in [0.2, 0.25) is 0 Å². The molecule has 3 nitrogen and oxygen atoms in total. The lowest BCUT2D eigenvalue weighted by atomic mass is 10.2. The maximum Gasteiger partial charge on any atom is 0.0970 e. The lowest BCUT2D eigenvalue weighted by molar-refractivity contribution is 0.192. The third kappa shape index (κ3) is 2.78. The number of nitrogens with zero attached hydrogens (tertiary/aromatic N) is 1. The Labute approximate surface area is 92.4 Å². The maximum atomic E-state index is 9.80. The lowest BCUT2D eigenvalue weighted by Gasteiger charge is -2.11. The molecule has 0 saturated heterocycles. The summed E-state index contributed by atoms with van der Waals surface area (Å²) >= 11 is 1.59. The molecule has 0 aliphatic carbocycles. The number of aliphatic hydroxyl groups excluding tert-OH is 1. The summed E-state index contributed by atoms with van der Waals surface area (Å²) in [5.74, 6) is 0. The third-order valence-electron chi connectivity index (χ3n) is 2.11. The van der Waals surface area contributed by atoms with Gasteiger partial charge in [-0.05, 0) is 34.5 Å². The fourth-order valence-electron chi connectivity index (χ4n) is 1.27. The third-order valence-corrected chi connectivity index (χ3v) is 2.81. The van der Waals surface area contributed by atoms with Crippen molar-refractivity contribution in [2.75, 3.05) is 11.9 Å². The molecule has 0 radical (unpaired) electrons. The molecule has 1 atom stereocenters. The second kappa shape index (κ2) is 4.91. The van der Waals surface area contributed by atoms with Crippen molar-refractivity contribution in [2.45, 2.75) is 6.10 Å². The minimum absolute atomic E-state index is 0.454. The van der Waals surface area contributed by atoms with Crippen LogP contribution < -0.4 is 5.32 Å². The summed E-state index contributed by atoms with van der Waals surface area (Å²) in [6, 6.07) is 5.68. The van der Waals surface area contributed by atoms with Crippen molar-refractivity contribution in [3.63, 3.8) is 0 Å². The van der Waals surface area contributed by atoms with Crippen molar-refractivity contribution in [2.24, 2.45) is 0 Å². The summed E-state index contributed by atoms with van der Waals surface area (Å²) in [6.07, 6.45) is 2.99. The molecule has 0 amide bonds. The van der Waals surface area contributed by atoms with Crippen LogP contribution in [0, 0.1) is 0 Å². The van der Waals surface area contributed by atoms with Crippen LogP contribution in [0.15, 0.2) is 41.4 Å². The van der Waals surface area contributed by atoms with Crippen LogP contribution in [0.25, 0.3) is 0 Å². The van der Waals surface area contributed by atoms with E-state index in [-0.39, 0.29) is 0 Å². The predicted molar refractivity (Wildman–Crippen MR) is 62.0 cm³/mol. The predicted octanol–water partition coefficient (Wildman–Crippen LogP) is 2.29. The van der Waals surface area contributed by atoms with Crippen LogP contribution in [0.4, 0.5) is 5.69 Å². The number of hydrogen-bond acceptors (Lipinski definition) is 4. The SMILES string of the molecule is OC(CNc1ccncc1)c1ccsc1. The van der Waals surface area contributed by atoms with Crippen molar-refractivity contribution >= 4 is 17.0 Å². The minimum atomic E-state index is -0.454. The van der Waals surface area contributed by atoms with Crippen LogP contribution in [0.5, 0.6) is 0 Å². The molecule has 15 heavy (non-hydrogen) atoms. The minimum Gasteiger partial charge on any atom is -0.387 e. The average molecular weight is 220 g/mol. The number of anilines is 1. The van der Waals surface area contributed by atoms with Crippen LogP contribution >= 0.6 is 11.3 Å². The van der Waals surface area contributed by atoms with Crippen LogP contribution in [0.1, 0.15) is 11.7 Å². The summed E-state index contributed by atoms with van der Waals surface area (Å²) in [5, 5.41) is 16.9. The molecular weight excluding hydrogens is 208 g/mol. The Hall–Kier alpha value is -1.39. The molecule has 0 saturated carbocycles. The molecule has 2 aromatic rings. The van der Waals surface area contributed by atoms with Crippen LogP contribution in [-0.2, 0) is 0 Å². The molecule has 0 aliphatic rings. The highest BCUT2D eigenvalue weighted by Gasteiger charge is 2.06. The largest absolute Gasteiger partial charge is 0.387 e.